The van der Waals surface area contributed by atoms with E-state index in [0.717, 1.165) is 0 Å². The molecule has 0 spiro atoms. The summed E-state index contributed by atoms with van der Waals surface area (Å²) in [6.07, 6.45) is 1.62. The number of aromatic amines is 1. The monoisotopic (exact) mass is 395 g/mol. The molecule has 0 radical (unpaired) electrons. The summed E-state index contributed by atoms with van der Waals surface area (Å²) in [4.78, 5) is 36.5. The maximum Gasteiger partial charge on any atom is 0.292 e. The van der Waals surface area contributed by atoms with E-state index in [0.29, 0.717) is 15.9 Å². The van der Waals surface area contributed by atoms with Crippen molar-refractivity contribution in [3.8, 4) is 0 Å². The van der Waals surface area contributed by atoms with Crippen molar-refractivity contribution in [2.75, 3.05) is 11.9 Å². The first kappa shape index (κ1) is 17.5. The van der Waals surface area contributed by atoms with E-state index in [1.807, 2.05) is 0 Å². The molecule has 1 aromatic heterocycles. The first-order valence-corrected chi connectivity index (χ1v) is 7.67. The van der Waals surface area contributed by atoms with Gasteiger partial charge >= 0.3 is 0 Å². The predicted molar refractivity (Wildman–Crippen MR) is 90.3 cm³/mol. The van der Waals surface area contributed by atoms with Gasteiger partial charge < -0.3 is 10.3 Å². The highest BCUT2D eigenvalue weighted by molar-refractivity contribution is 9.10. The number of carbonyl (C=O) groups excluding carboxylic acids is 2. The quantitative estimate of drug-likeness (QED) is 0.438. The third-order valence-electron chi connectivity index (χ3n) is 2.98. The van der Waals surface area contributed by atoms with Crippen LogP contribution < -0.4 is 16.2 Å². The fourth-order valence-electron chi connectivity index (χ4n) is 1.85. The average molecular weight is 396 g/mol. The largest absolute Gasteiger partial charge is 0.379 e. The van der Waals surface area contributed by atoms with E-state index in [2.05, 4.69) is 37.1 Å². The Labute approximate surface area is 145 Å². The lowest BCUT2D eigenvalue weighted by Gasteiger charge is -2.08. The Kier molecular flexibility index (Phi) is 5.90. The minimum absolute atomic E-state index is 0.0285. The van der Waals surface area contributed by atoms with Crippen LogP contribution in [0.3, 0.4) is 0 Å². The molecule has 0 saturated heterocycles. The number of benzene rings is 1. The molecule has 0 aliphatic heterocycles. The Bertz CT molecular complexity index is 761. The van der Waals surface area contributed by atoms with E-state index in [1.165, 1.54) is 6.07 Å². The molecule has 2 aromatic rings. The van der Waals surface area contributed by atoms with Crippen LogP contribution in [-0.2, 0) is 4.79 Å². The molecule has 0 saturated carbocycles. The minimum Gasteiger partial charge on any atom is -0.379 e. The van der Waals surface area contributed by atoms with Gasteiger partial charge in [0.15, 0.2) is 0 Å². The molecule has 1 heterocycles. The summed E-state index contributed by atoms with van der Waals surface area (Å²) < 4.78 is 0.715. The van der Waals surface area contributed by atoms with Crippen molar-refractivity contribution in [1.82, 2.24) is 15.8 Å². The molecule has 0 unspecified atom stereocenters. The Morgan fingerprint density at radius 1 is 1.25 bits per heavy atom. The number of halogens is 1. The third-order valence-corrected chi connectivity index (χ3v) is 3.43. The summed E-state index contributed by atoms with van der Waals surface area (Å²) in [7, 11) is 0. The molecule has 2 rings (SSSR count). The molecule has 0 fully saturated rings. The molecule has 10 heteroatoms. The van der Waals surface area contributed by atoms with Gasteiger partial charge in [0.25, 0.3) is 11.6 Å². The van der Waals surface area contributed by atoms with Crippen molar-refractivity contribution < 1.29 is 14.5 Å². The van der Waals surface area contributed by atoms with Gasteiger partial charge in [-0.1, -0.05) is 12.1 Å². The highest BCUT2D eigenvalue weighted by Gasteiger charge is 2.12. The number of nitro groups is 1. The van der Waals surface area contributed by atoms with Crippen LogP contribution in [-0.4, -0.2) is 28.3 Å². The van der Waals surface area contributed by atoms with Crippen molar-refractivity contribution in [2.24, 2.45) is 0 Å². The number of para-hydroxylation sites is 2. The zero-order valence-corrected chi connectivity index (χ0v) is 13.9. The Hall–Kier alpha value is -2.88. The van der Waals surface area contributed by atoms with Crippen LogP contribution in [0.1, 0.15) is 16.9 Å². The summed E-state index contributed by atoms with van der Waals surface area (Å²) in [6, 6.07) is 7.71. The van der Waals surface area contributed by atoms with Gasteiger partial charge in [-0.3, -0.25) is 30.6 Å². The summed E-state index contributed by atoms with van der Waals surface area (Å²) >= 11 is 3.20. The van der Waals surface area contributed by atoms with Crippen LogP contribution in [0.2, 0.25) is 0 Å². The van der Waals surface area contributed by atoms with Crippen LogP contribution >= 0.6 is 15.9 Å². The Balaban J connectivity index is 1.76. The second-order valence-corrected chi connectivity index (χ2v) is 5.60. The molecule has 0 atom stereocenters. The van der Waals surface area contributed by atoms with Gasteiger partial charge in [0.05, 0.1) is 4.92 Å². The number of carbonyl (C=O) groups is 2. The maximum atomic E-state index is 11.7. The lowest BCUT2D eigenvalue weighted by Crippen LogP contribution is -2.42. The highest BCUT2D eigenvalue weighted by Crippen LogP contribution is 2.22. The third kappa shape index (κ3) is 4.81. The smallest absolute Gasteiger partial charge is 0.292 e. The van der Waals surface area contributed by atoms with Gasteiger partial charge in [-0.2, -0.15) is 0 Å². The topological polar surface area (TPSA) is 129 Å². The van der Waals surface area contributed by atoms with E-state index in [-0.39, 0.29) is 18.7 Å². The molecular weight excluding hydrogens is 382 g/mol. The maximum absolute atomic E-state index is 11.7. The van der Waals surface area contributed by atoms with Crippen molar-refractivity contribution in [3.05, 3.63) is 56.8 Å². The molecule has 2 amide bonds. The Morgan fingerprint density at radius 2 is 2.00 bits per heavy atom. The van der Waals surface area contributed by atoms with Crippen LogP contribution in [0.25, 0.3) is 0 Å². The summed E-state index contributed by atoms with van der Waals surface area (Å²) in [5, 5.41) is 13.7. The Morgan fingerprint density at radius 3 is 2.67 bits per heavy atom. The van der Waals surface area contributed by atoms with Crippen LogP contribution in [0.15, 0.2) is 41.0 Å². The first-order chi connectivity index (χ1) is 11.5. The number of hydrogen-bond acceptors (Lipinski definition) is 5. The fraction of sp³-hybridized carbons (Fsp3) is 0.143. The SMILES string of the molecule is O=C(CCNc1ccccc1[N+](=O)[O-])NNC(=O)c1cc(Br)c[nH]1. The molecule has 1 aromatic carbocycles. The number of nitro benzene ring substituents is 1. The number of anilines is 1. The van der Waals surface area contributed by atoms with E-state index in [9.17, 15) is 19.7 Å². The number of nitrogens with zero attached hydrogens (tertiary/aromatic N) is 1. The number of rotatable bonds is 6. The summed E-state index contributed by atoms with van der Waals surface area (Å²) in [5.74, 6) is -0.916. The number of amides is 2. The summed E-state index contributed by atoms with van der Waals surface area (Å²) in [6.45, 7) is 0.181. The average Bonchev–Trinajstić information content (AvgIpc) is 2.99. The van der Waals surface area contributed by atoms with Gasteiger partial charge in [0.2, 0.25) is 5.91 Å². The zero-order valence-electron chi connectivity index (χ0n) is 12.3. The number of H-pyrrole nitrogens is 1. The van der Waals surface area contributed by atoms with Crippen molar-refractivity contribution in [3.63, 3.8) is 0 Å². The van der Waals surface area contributed by atoms with Gasteiger partial charge in [-0.05, 0) is 28.1 Å². The summed E-state index contributed by atoms with van der Waals surface area (Å²) in [5.41, 5.74) is 5.08. The zero-order chi connectivity index (χ0) is 17.5. The van der Waals surface area contributed by atoms with Crippen LogP contribution in [0.4, 0.5) is 11.4 Å². The van der Waals surface area contributed by atoms with Crippen LogP contribution in [0.5, 0.6) is 0 Å². The first-order valence-electron chi connectivity index (χ1n) is 6.88. The molecule has 24 heavy (non-hydrogen) atoms. The van der Waals surface area contributed by atoms with E-state index < -0.39 is 16.7 Å². The number of hydrogen-bond donors (Lipinski definition) is 4. The molecule has 0 aliphatic rings. The lowest BCUT2D eigenvalue weighted by molar-refractivity contribution is -0.384. The molecule has 4 N–H and O–H groups in total. The molecule has 0 aliphatic carbocycles. The number of hydrazine groups is 1. The van der Waals surface area contributed by atoms with E-state index >= 15 is 0 Å². The van der Waals surface area contributed by atoms with Gasteiger partial charge in [0, 0.05) is 29.7 Å². The fourth-order valence-corrected chi connectivity index (χ4v) is 2.19. The highest BCUT2D eigenvalue weighted by atomic mass is 79.9. The molecule has 9 nitrogen and oxygen atoms in total. The second-order valence-electron chi connectivity index (χ2n) is 4.68. The molecular formula is C14H14BrN5O4. The number of nitrogens with one attached hydrogen (secondary N) is 4. The van der Waals surface area contributed by atoms with E-state index in [4.69, 9.17) is 0 Å². The van der Waals surface area contributed by atoms with Crippen molar-refractivity contribution in [2.45, 2.75) is 6.42 Å². The van der Waals surface area contributed by atoms with Crippen molar-refractivity contribution in [1.29, 1.82) is 0 Å². The van der Waals surface area contributed by atoms with Gasteiger partial charge in [-0.15, -0.1) is 0 Å². The minimum atomic E-state index is -0.503. The van der Waals surface area contributed by atoms with Crippen LogP contribution in [0, 0.1) is 10.1 Å². The predicted octanol–water partition coefficient (Wildman–Crippen LogP) is 1.95. The van der Waals surface area contributed by atoms with E-state index in [1.54, 1.807) is 30.5 Å². The normalized spacial score (nSPS) is 10.0. The lowest BCUT2D eigenvalue weighted by atomic mass is 10.2. The van der Waals surface area contributed by atoms with Crippen molar-refractivity contribution >= 4 is 39.1 Å². The second kappa shape index (κ2) is 8.11. The standard InChI is InChI=1S/C14H14BrN5O4/c15-9-7-11(17-8-9)14(22)19-18-13(21)5-6-16-10-3-1-2-4-12(10)20(23)24/h1-4,7-8,16-17H,5-6H2,(H,18,21)(H,19,22). The number of aromatic nitrogens is 1. The molecule has 0 bridgehead atoms. The van der Waals surface area contributed by atoms with Gasteiger partial charge in [0.1, 0.15) is 11.4 Å². The molecule has 126 valence electrons. The van der Waals surface area contributed by atoms with Gasteiger partial charge in [-0.25, -0.2) is 0 Å².